The van der Waals surface area contributed by atoms with E-state index in [-0.39, 0.29) is 11.8 Å². The van der Waals surface area contributed by atoms with Crippen molar-refractivity contribution >= 4 is 23.2 Å². The monoisotopic (exact) mass is 280 g/mol. The number of likely N-dealkylation sites (tertiary alicyclic amines) is 1. The van der Waals surface area contributed by atoms with Crippen LogP contribution in [0.15, 0.2) is 12.1 Å². The highest BCUT2D eigenvalue weighted by molar-refractivity contribution is 7.13. The molecule has 1 N–H and O–H groups in total. The number of carbonyl (C=O) groups excluding carboxylic acids is 2. The van der Waals surface area contributed by atoms with Gasteiger partial charge in [-0.05, 0) is 45.2 Å². The van der Waals surface area contributed by atoms with Crippen molar-refractivity contribution in [3.8, 4) is 0 Å². The van der Waals surface area contributed by atoms with E-state index in [4.69, 9.17) is 0 Å². The number of nitrogens with zero attached hydrogens (tertiary/aromatic N) is 1. The summed E-state index contributed by atoms with van der Waals surface area (Å²) in [6, 6.07) is 3.26. The van der Waals surface area contributed by atoms with E-state index in [9.17, 15) is 9.59 Å². The zero-order valence-corrected chi connectivity index (χ0v) is 12.3. The van der Waals surface area contributed by atoms with Gasteiger partial charge in [0.25, 0.3) is 5.91 Å². The maximum Gasteiger partial charge on any atom is 0.261 e. The second-order valence-electron chi connectivity index (χ2n) is 4.99. The molecule has 19 heavy (non-hydrogen) atoms. The van der Waals surface area contributed by atoms with Crippen LogP contribution in [0.25, 0.3) is 0 Å². The molecule has 0 saturated carbocycles. The minimum Gasteiger partial charge on any atom is -0.341 e. The molecule has 1 atom stereocenters. The number of hydrogen-bond acceptors (Lipinski definition) is 3. The number of hydrogen-bond donors (Lipinski definition) is 1. The highest BCUT2D eigenvalue weighted by Gasteiger charge is 2.23. The maximum absolute atomic E-state index is 12.2. The molecule has 1 aliphatic rings. The normalized spacial score (nSPS) is 17.1. The molecule has 1 fully saturated rings. The topological polar surface area (TPSA) is 49.4 Å². The smallest absolute Gasteiger partial charge is 0.261 e. The Kier molecular flexibility index (Phi) is 4.58. The van der Waals surface area contributed by atoms with E-state index in [2.05, 4.69) is 5.32 Å². The molecule has 0 spiro atoms. The molecular formula is C14H20N2O2S. The summed E-state index contributed by atoms with van der Waals surface area (Å²) in [7, 11) is 0. The number of piperidine rings is 1. The second kappa shape index (κ2) is 6.19. The second-order valence-corrected chi connectivity index (χ2v) is 6.28. The third kappa shape index (κ3) is 3.56. The molecule has 2 rings (SSSR count). The van der Waals surface area contributed by atoms with Crippen molar-refractivity contribution < 1.29 is 9.59 Å². The summed E-state index contributed by atoms with van der Waals surface area (Å²) in [5.74, 6) is -0.128. The molecule has 0 aliphatic carbocycles. The van der Waals surface area contributed by atoms with Crippen LogP contribution in [0.1, 0.15) is 40.7 Å². The van der Waals surface area contributed by atoms with E-state index in [1.807, 2.05) is 17.9 Å². The van der Waals surface area contributed by atoms with Crippen molar-refractivity contribution in [1.29, 1.82) is 0 Å². The molecule has 104 valence electrons. The summed E-state index contributed by atoms with van der Waals surface area (Å²) in [4.78, 5) is 27.8. The van der Waals surface area contributed by atoms with Crippen molar-refractivity contribution in [2.45, 2.75) is 39.2 Å². The van der Waals surface area contributed by atoms with Crippen molar-refractivity contribution in [1.82, 2.24) is 10.2 Å². The summed E-state index contributed by atoms with van der Waals surface area (Å²) in [6.07, 6.45) is 3.33. The van der Waals surface area contributed by atoms with Crippen LogP contribution in [-0.2, 0) is 4.79 Å². The van der Waals surface area contributed by atoms with Crippen molar-refractivity contribution in [3.63, 3.8) is 0 Å². The van der Waals surface area contributed by atoms with E-state index in [0.717, 1.165) is 30.8 Å². The molecule has 0 aromatic carbocycles. The molecule has 4 nitrogen and oxygen atoms in total. The summed E-state index contributed by atoms with van der Waals surface area (Å²) in [6.45, 7) is 5.35. The Bertz CT molecular complexity index is 464. The number of aryl methyl sites for hydroxylation is 1. The number of carbonyl (C=O) groups is 2. The fraction of sp³-hybridized carbons (Fsp3) is 0.571. The van der Waals surface area contributed by atoms with Crippen molar-refractivity contribution in [2.24, 2.45) is 0 Å². The first kappa shape index (κ1) is 14.1. The lowest BCUT2D eigenvalue weighted by molar-refractivity contribution is -0.133. The van der Waals surface area contributed by atoms with Gasteiger partial charge in [-0.2, -0.15) is 0 Å². The van der Waals surface area contributed by atoms with E-state index in [1.54, 1.807) is 13.0 Å². The summed E-state index contributed by atoms with van der Waals surface area (Å²) < 4.78 is 0. The average molecular weight is 280 g/mol. The van der Waals surface area contributed by atoms with Gasteiger partial charge >= 0.3 is 0 Å². The number of nitrogens with one attached hydrogen (secondary N) is 1. The van der Waals surface area contributed by atoms with Crippen molar-refractivity contribution in [3.05, 3.63) is 21.9 Å². The Labute approximate surface area is 117 Å². The first-order valence-corrected chi connectivity index (χ1v) is 7.55. The van der Waals surface area contributed by atoms with E-state index in [0.29, 0.717) is 4.88 Å². The molecule has 2 amide bonds. The fourth-order valence-corrected chi connectivity index (χ4v) is 3.04. The molecule has 0 bridgehead atoms. The number of rotatable bonds is 3. The molecule has 1 aromatic rings. The Morgan fingerprint density at radius 3 is 2.53 bits per heavy atom. The van der Waals surface area contributed by atoms with Gasteiger partial charge in [-0.15, -0.1) is 11.3 Å². The van der Waals surface area contributed by atoms with Crippen LogP contribution >= 0.6 is 11.3 Å². The molecule has 0 unspecified atom stereocenters. The summed E-state index contributed by atoms with van der Waals surface area (Å²) in [5.41, 5.74) is 0. The predicted octanol–water partition coefficient (Wildman–Crippen LogP) is 2.19. The first-order chi connectivity index (χ1) is 9.08. The van der Waals surface area contributed by atoms with Crippen molar-refractivity contribution in [2.75, 3.05) is 13.1 Å². The zero-order valence-electron chi connectivity index (χ0n) is 11.4. The Hall–Kier alpha value is -1.36. The SMILES string of the molecule is Cc1ccc(C(=O)N[C@H](C)C(=O)N2CCCCC2)s1. The van der Waals surface area contributed by atoms with E-state index < -0.39 is 6.04 Å². The summed E-state index contributed by atoms with van der Waals surface area (Å²) in [5, 5.41) is 2.79. The van der Waals surface area contributed by atoms with Gasteiger partial charge in [-0.25, -0.2) is 0 Å². The van der Waals surface area contributed by atoms with Gasteiger partial charge < -0.3 is 10.2 Å². The molecule has 0 radical (unpaired) electrons. The van der Waals surface area contributed by atoms with Crippen LogP contribution in [0.3, 0.4) is 0 Å². The molecule has 1 aromatic heterocycles. The molecule has 5 heteroatoms. The minimum atomic E-state index is -0.451. The zero-order chi connectivity index (χ0) is 13.8. The number of thiophene rings is 1. The Morgan fingerprint density at radius 2 is 1.95 bits per heavy atom. The summed E-state index contributed by atoms with van der Waals surface area (Å²) >= 11 is 1.45. The predicted molar refractivity (Wildman–Crippen MR) is 76.4 cm³/mol. The van der Waals surface area contributed by atoms with Gasteiger partial charge in [-0.3, -0.25) is 9.59 Å². The Morgan fingerprint density at radius 1 is 1.26 bits per heavy atom. The van der Waals surface area contributed by atoms with E-state index in [1.165, 1.54) is 17.8 Å². The standard InChI is InChI=1S/C14H20N2O2S/c1-10-6-7-12(19-10)13(17)15-11(2)14(18)16-8-4-3-5-9-16/h6-7,11H,3-5,8-9H2,1-2H3,(H,15,17)/t11-/m1/s1. The molecule has 2 heterocycles. The quantitative estimate of drug-likeness (QED) is 0.922. The van der Waals surface area contributed by atoms with Crippen LogP contribution in [-0.4, -0.2) is 35.8 Å². The third-order valence-electron chi connectivity index (χ3n) is 3.35. The minimum absolute atomic E-state index is 0.0290. The van der Waals surface area contributed by atoms with Gasteiger partial charge in [0.1, 0.15) is 6.04 Å². The van der Waals surface area contributed by atoms with E-state index >= 15 is 0 Å². The lowest BCUT2D eigenvalue weighted by Gasteiger charge is -2.29. The highest BCUT2D eigenvalue weighted by atomic mass is 32.1. The van der Waals surface area contributed by atoms with Crippen LogP contribution in [0.5, 0.6) is 0 Å². The first-order valence-electron chi connectivity index (χ1n) is 6.74. The van der Waals surface area contributed by atoms with Gasteiger partial charge in [0.05, 0.1) is 4.88 Å². The fourth-order valence-electron chi connectivity index (χ4n) is 2.27. The number of amides is 2. The molecule has 1 saturated heterocycles. The third-order valence-corrected chi connectivity index (χ3v) is 4.35. The van der Waals surface area contributed by atoms with Gasteiger partial charge in [0.15, 0.2) is 0 Å². The highest BCUT2D eigenvalue weighted by Crippen LogP contribution is 2.15. The Balaban J connectivity index is 1.91. The van der Waals surface area contributed by atoms with Crippen LogP contribution < -0.4 is 5.32 Å². The molecular weight excluding hydrogens is 260 g/mol. The van der Waals surface area contributed by atoms with Gasteiger partial charge in [0, 0.05) is 18.0 Å². The lowest BCUT2D eigenvalue weighted by atomic mass is 10.1. The molecule has 1 aliphatic heterocycles. The maximum atomic E-state index is 12.2. The van der Waals surface area contributed by atoms with Crippen LogP contribution in [0, 0.1) is 6.92 Å². The average Bonchev–Trinajstić information content (AvgIpc) is 2.85. The largest absolute Gasteiger partial charge is 0.341 e. The van der Waals surface area contributed by atoms with Crippen LogP contribution in [0.4, 0.5) is 0 Å². The lowest BCUT2D eigenvalue weighted by Crippen LogP contribution is -2.48. The van der Waals surface area contributed by atoms with Crippen LogP contribution in [0.2, 0.25) is 0 Å². The van der Waals surface area contributed by atoms with Gasteiger partial charge in [-0.1, -0.05) is 0 Å². The van der Waals surface area contributed by atoms with Gasteiger partial charge in [0.2, 0.25) is 5.91 Å².